The number of benzene rings is 1. The summed E-state index contributed by atoms with van der Waals surface area (Å²) in [7, 11) is 1.69. The average Bonchev–Trinajstić information content (AvgIpc) is 3.27. The van der Waals surface area contributed by atoms with E-state index in [1.54, 1.807) is 19.2 Å². The molecule has 1 atom stereocenters. The summed E-state index contributed by atoms with van der Waals surface area (Å²) in [5, 5.41) is 2.90. The Balaban J connectivity index is 1.90. The van der Waals surface area contributed by atoms with Gasteiger partial charge in [-0.3, -0.25) is 9.69 Å². The van der Waals surface area contributed by atoms with Gasteiger partial charge in [0, 0.05) is 31.1 Å². The Morgan fingerprint density at radius 1 is 1.52 bits per heavy atom. The number of rotatable bonds is 8. The lowest BCUT2D eigenvalue weighted by molar-refractivity contribution is -0.118. The number of nitrogen functional groups attached to an aromatic ring is 1. The highest BCUT2D eigenvalue weighted by molar-refractivity contribution is 5.92. The number of hydrogen-bond donors (Lipinski definition) is 2. The molecule has 0 heterocycles. The number of amides is 1. The number of carbonyl (C=O) groups is 1. The maximum atomic E-state index is 12.2. The third-order valence-corrected chi connectivity index (χ3v) is 3.98. The van der Waals surface area contributed by atoms with E-state index in [2.05, 4.69) is 17.1 Å². The molecule has 1 unspecified atom stereocenters. The summed E-state index contributed by atoms with van der Waals surface area (Å²) in [4.78, 5) is 14.4. The van der Waals surface area contributed by atoms with Crippen molar-refractivity contribution in [1.29, 1.82) is 0 Å². The van der Waals surface area contributed by atoms with Crippen LogP contribution >= 0.6 is 0 Å². The van der Waals surface area contributed by atoms with Crippen molar-refractivity contribution < 1.29 is 9.53 Å². The molecule has 0 radical (unpaired) electrons. The van der Waals surface area contributed by atoms with Crippen LogP contribution in [0.3, 0.4) is 0 Å². The van der Waals surface area contributed by atoms with Gasteiger partial charge in [-0.2, -0.15) is 0 Å². The molecule has 0 saturated heterocycles. The van der Waals surface area contributed by atoms with Crippen LogP contribution in [0.1, 0.15) is 19.8 Å². The standard InChI is InChI=1S/C16H25N3O2/c1-12(13-6-7-13)19(8-9-21-2)11-16(20)18-15-5-3-4-14(17)10-15/h3-5,10,12-13H,6-9,11,17H2,1-2H3,(H,18,20). The van der Waals surface area contributed by atoms with Gasteiger partial charge in [0.2, 0.25) is 5.91 Å². The number of nitrogens with two attached hydrogens (primary N) is 1. The normalized spacial score (nSPS) is 16.0. The molecule has 1 aliphatic carbocycles. The topological polar surface area (TPSA) is 67.6 Å². The molecule has 2 rings (SSSR count). The second kappa shape index (κ2) is 7.43. The van der Waals surface area contributed by atoms with Crippen LogP contribution in [0.15, 0.2) is 24.3 Å². The first-order valence-electron chi connectivity index (χ1n) is 7.48. The molecule has 5 heteroatoms. The molecule has 0 spiro atoms. The highest BCUT2D eigenvalue weighted by Gasteiger charge is 2.32. The zero-order valence-corrected chi connectivity index (χ0v) is 12.8. The van der Waals surface area contributed by atoms with E-state index >= 15 is 0 Å². The van der Waals surface area contributed by atoms with E-state index in [-0.39, 0.29) is 5.91 Å². The van der Waals surface area contributed by atoms with Crippen LogP contribution in [0, 0.1) is 5.92 Å². The summed E-state index contributed by atoms with van der Waals surface area (Å²) < 4.78 is 5.15. The van der Waals surface area contributed by atoms with Crippen LogP contribution in [-0.2, 0) is 9.53 Å². The van der Waals surface area contributed by atoms with Gasteiger partial charge in [-0.15, -0.1) is 0 Å². The first-order chi connectivity index (χ1) is 10.1. The van der Waals surface area contributed by atoms with E-state index in [4.69, 9.17) is 10.5 Å². The summed E-state index contributed by atoms with van der Waals surface area (Å²) >= 11 is 0. The SMILES string of the molecule is COCCN(CC(=O)Nc1cccc(N)c1)C(C)C1CC1. The first-order valence-corrected chi connectivity index (χ1v) is 7.48. The number of nitrogens with one attached hydrogen (secondary N) is 1. The number of hydrogen-bond acceptors (Lipinski definition) is 4. The Morgan fingerprint density at radius 3 is 2.90 bits per heavy atom. The zero-order chi connectivity index (χ0) is 15.2. The summed E-state index contributed by atoms with van der Waals surface area (Å²) in [5.74, 6) is 0.714. The van der Waals surface area contributed by atoms with Crippen LogP contribution in [0.4, 0.5) is 11.4 Å². The lowest BCUT2D eigenvalue weighted by Crippen LogP contribution is -2.42. The maximum absolute atomic E-state index is 12.2. The highest BCUT2D eigenvalue weighted by Crippen LogP contribution is 2.35. The minimum Gasteiger partial charge on any atom is -0.399 e. The molecular weight excluding hydrogens is 266 g/mol. The molecule has 1 fully saturated rings. The van der Waals surface area contributed by atoms with Gasteiger partial charge < -0.3 is 15.8 Å². The highest BCUT2D eigenvalue weighted by atomic mass is 16.5. The van der Waals surface area contributed by atoms with E-state index < -0.39 is 0 Å². The number of ether oxygens (including phenoxy) is 1. The van der Waals surface area contributed by atoms with Crippen molar-refractivity contribution in [3.63, 3.8) is 0 Å². The lowest BCUT2D eigenvalue weighted by atomic mass is 10.2. The number of nitrogens with zero attached hydrogens (tertiary/aromatic N) is 1. The van der Waals surface area contributed by atoms with Gasteiger partial charge in [-0.1, -0.05) is 6.07 Å². The average molecular weight is 291 g/mol. The number of methoxy groups -OCH3 is 1. The molecule has 1 aromatic carbocycles. The van der Waals surface area contributed by atoms with Gasteiger partial charge in [0.15, 0.2) is 0 Å². The van der Waals surface area contributed by atoms with Gasteiger partial charge in [0.25, 0.3) is 0 Å². The second-order valence-electron chi connectivity index (χ2n) is 5.71. The summed E-state index contributed by atoms with van der Waals surface area (Å²) in [6, 6.07) is 7.67. The van der Waals surface area contributed by atoms with Crippen LogP contribution in [0.25, 0.3) is 0 Å². The van der Waals surface area contributed by atoms with Crippen LogP contribution in [0.2, 0.25) is 0 Å². The molecule has 21 heavy (non-hydrogen) atoms. The van der Waals surface area contributed by atoms with Crippen LogP contribution in [-0.4, -0.2) is 43.7 Å². The Kier molecular flexibility index (Phi) is 5.59. The third kappa shape index (κ3) is 5.02. The van der Waals surface area contributed by atoms with Crippen molar-refractivity contribution in [3.05, 3.63) is 24.3 Å². The van der Waals surface area contributed by atoms with Gasteiger partial charge >= 0.3 is 0 Å². The monoisotopic (exact) mass is 291 g/mol. The largest absolute Gasteiger partial charge is 0.399 e. The van der Waals surface area contributed by atoms with Crippen molar-refractivity contribution >= 4 is 17.3 Å². The Morgan fingerprint density at radius 2 is 2.29 bits per heavy atom. The minimum atomic E-state index is -0.01000. The molecule has 3 N–H and O–H groups in total. The number of anilines is 2. The van der Waals surface area contributed by atoms with Crippen molar-refractivity contribution in [2.24, 2.45) is 5.92 Å². The van der Waals surface area contributed by atoms with E-state index in [1.807, 2.05) is 12.1 Å². The quantitative estimate of drug-likeness (QED) is 0.718. The molecule has 1 amide bonds. The van der Waals surface area contributed by atoms with Crippen LogP contribution in [0.5, 0.6) is 0 Å². The van der Waals surface area contributed by atoms with Crippen molar-refractivity contribution in [1.82, 2.24) is 4.90 Å². The predicted octanol–water partition coefficient (Wildman–Crippen LogP) is 1.95. The predicted molar refractivity (Wildman–Crippen MR) is 85.1 cm³/mol. The van der Waals surface area contributed by atoms with Crippen molar-refractivity contribution in [2.45, 2.75) is 25.8 Å². The van der Waals surface area contributed by atoms with Crippen molar-refractivity contribution in [2.75, 3.05) is 37.9 Å². The maximum Gasteiger partial charge on any atom is 0.238 e. The summed E-state index contributed by atoms with van der Waals surface area (Å²) in [6.07, 6.45) is 2.53. The van der Waals surface area contributed by atoms with Gasteiger partial charge in [-0.25, -0.2) is 0 Å². The van der Waals surface area contributed by atoms with E-state index in [0.717, 1.165) is 18.2 Å². The molecule has 0 aliphatic heterocycles. The fraction of sp³-hybridized carbons (Fsp3) is 0.562. The zero-order valence-electron chi connectivity index (χ0n) is 12.8. The molecule has 5 nitrogen and oxygen atoms in total. The summed E-state index contributed by atoms with van der Waals surface area (Å²) in [5.41, 5.74) is 7.11. The molecule has 1 saturated carbocycles. The lowest BCUT2D eigenvalue weighted by Gasteiger charge is -2.28. The van der Waals surface area contributed by atoms with E-state index in [1.165, 1.54) is 12.8 Å². The Hall–Kier alpha value is -1.59. The summed E-state index contributed by atoms with van der Waals surface area (Å²) in [6.45, 7) is 4.00. The molecule has 116 valence electrons. The van der Waals surface area contributed by atoms with E-state index in [9.17, 15) is 4.79 Å². The second-order valence-corrected chi connectivity index (χ2v) is 5.71. The smallest absolute Gasteiger partial charge is 0.238 e. The van der Waals surface area contributed by atoms with Gasteiger partial charge in [-0.05, 0) is 43.9 Å². The van der Waals surface area contributed by atoms with Gasteiger partial charge in [0.1, 0.15) is 0 Å². The molecule has 1 aromatic rings. The molecule has 0 bridgehead atoms. The first kappa shape index (κ1) is 15.8. The molecule has 1 aliphatic rings. The van der Waals surface area contributed by atoms with E-state index in [0.29, 0.717) is 24.9 Å². The molecular formula is C16H25N3O2. The minimum absolute atomic E-state index is 0.01000. The Bertz CT molecular complexity index is 474. The fourth-order valence-electron chi connectivity index (χ4n) is 2.51. The Labute approximate surface area is 126 Å². The van der Waals surface area contributed by atoms with Crippen molar-refractivity contribution in [3.8, 4) is 0 Å². The van der Waals surface area contributed by atoms with Crippen LogP contribution < -0.4 is 11.1 Å². The van der Waals surface area contributed by atoms with Gasteiger partial charge in [0.05, 0.1) is 13.2 Å². The third-order valence-electron chi connectivity index (χ3n) is 3.98. The molecule has 0 aromatic heterocycles. The number of carbonyl (C=O) groups excluding carboxylic acids is 1. The fourth-order valence-corrected chi connectivity index (χ4v) is 2.51.